The molecule has 0 spiro atoms. The minimum Gasteiger partial charge on any atom is -0.298 e. The predicted molar refractivity (Wildman–Crippen MR) is 94.0 cm³/mol. The van der Waals surface area contributed by atoms with Crippen molar-refractivity contribution < 1.29 is 4.79 Å². The first-order valence-corrected chi connectivity index (χ1v) is 9.10. The molecule has 0 saturated heterocycles. The highest BCUT2D eigenvalue weighted by atomic mass is 127. The number of ketones is 1. The predicted octanol–water partition coefficient (Wildman–Crippen LogP) is 5.20. The first-order valence-electron chi connectivity index (χ1n) is 6.90. The smallest absolute Gasteiger partial charge is 0.150 e. The van der Waals surface area contributed by atoms with E-state index in [9.17, 15) is 4.79 Å². The first-order chi connectivity index (χ1) is 9.69. The molecule has 2 nitrogen and oxygen atoms in total. The largest absolute Gasteiger partial charge is 0.298 e. The van der Waals surface area contributed by atoms with Crippen LogP contribution in [0, 0.1) is 14.9 Å². The molecule has 0 aliphatic carbocycles. The number of alkyl halides is 1. The van der Waals surface area contributed by atoms with Gasteiger partial charge in [-0.25, -0.2) is 0 Å². The van der Waals surface area contributed by atoms with Gasteiger partial charge in [-0.1, -0.05) is 47.3 Å². The van der Waals surface area contributed by atoms with E-state index in [1.165, 1.54) is 3.57 Å². The summed E-state index contributed by atoms with van der Waals surface area (Å²) in [5, 5.41) is 8.90. The quantitative estimate of drug-likeness (QED) is 0.296. The molecule has 0 aliphatic rings. The molecule has 108 valence electrons. The number of rotatable bonds is 9. The summed E-state index contributed by atoms with van der Waals surface area (Å²) in [4.78, 5) is 12.1. The molecular formula is C16H19BrINO. The van der Waals surface area contributed by atoms with Gasteiger partial charge in [-0.3, -0.25) is 4.79 Å². The molecule has 0 radical (unpaired) electrons. The normalized spacial score (nSPS) is 11.8. The first kappa shape index (κ1) is 17.6. The molecule has 4 heteroatoms. The Kier molecular flexibility index (Phi) is 9.12. The van der Waals surface area contributed by atoms with Crippen LogP contribution in [0.4, 0.5) is 0 Å². The van der Waals surface area contributed by atoms with Gasteiger partial charge >= 0.3 is 0 Å². The third-order valence-corrected chi connectivity index (χ3v) is 4.53. The number of hydrogen-bond acceptors (Lipinski definition) is 2. The summed E-state index contributed by atoms with van der Waals surface area (Å²) >= 11 is 5.57. The van der Waals surface area contributed by atoms with Gasteiger partial charge in [0.1, 0.15) is 0 Å². The Hall–Kier alpha value is -0.410. The summed E-state index contributed by atoms with van der Waals surface area (Å²) in [7, 11) is 0. The number of carbonyl (C=O) groups is 1. The third kappa shape index (κ3) is 6.36. The zero-order valence-corrected chi connectivity index (χ0v) is 15.2. The summed E-state index contributed by atoms with van der Waals surface area (Å²) in [6, 6.07) is 10.4. The lowest BCUT2D eigenvalue weighted by atomic mass is 9.90. The average Bonchev–Trinajstić information content (AvgIpc) is 2.46. The molecule has 1 aromatic rings. The molecule has 1 atom stereocenters. The number of nitriles is 1. The van der Waals surface area contributed by atoms with Gasteiger partial charge in [0.25, 0.3) is 0 Å². The highest BCUT2D eigenvalue weighted by molar-refractivity contribution is 14.1. The number of nitrogens with zero attached hydrogens (tertiary/aromatic N) is 1. The average molecular weight is 448 g/mol. The molecular weight excluding hydrogens is 429 g/mol. The molecule has 0 amide bonds. The van der Waals surface area contributed by atoms with Crippen LogP contribution >= 0.6 is 38.5 Å². The van der Waals surface area contributed by atoms with Crippen molar-refractivity contribution in [2.24, 2.45) is 0 Å². The molecule has 0 heterocycles. The molecule has 0 aliphatic heterocycles. The molecule has 1 aromatic carbocycles. The van der Waals surface area contributed by atoms with Crippen LogP contribution < -0.4 is 0 Å². The lowest BCUT2D eigenvalue weighted by molar-refractivity contribution is -0.118. The Balaban J connectivity index is 2.54. The Labute approximate surface area is 143 Å². The Morgan fingerprint density at radius 3 is 2.70 bits per heavy atom. The van der Waals surface area contributed by atoms with Gasteiger partial charge in [0.05, 0.1) is 11.4 Å². The number of halogens is 2. The fraction of sp³-hybridized carbons (Fsp3) is 0.500. The highest BCUT2D eigenvalue weighted by Gasteiger charge is 2.19. The highest BCUT2D eigenvalue weighted by Crippen LogP contribution is 2.26. The van der Waals surface area contributed by atoms with E-state index >= 15 is 0 Å². The van der Waals surface area contributed by atoms with Crippen LogP contribution in [0.3, 0.4) is 0 Å². The van der Waals surface area contributed by atoms with Crippen molar-refractivity contribution in [3.8, 4) is 6.07 Å². The Bertz CT molecular complexity index is 470. The van der Waals surface area contributed by atoms with Crippen LogP contribution in [0.2, 0.25) is 0 Å². The topological polar surface area (TPSA) is 40.9 Å². The maximum absolute atomic E-state index is 12.1. The van der Waals surface area contributed by atoms with Crippen molar-refractivity contribution in [2.75, 3.05) is 5.33 Å². The van der Waals surface area contributed by atoms with Crippen molar-refractivity contribution in [3.63, 3.8) is 0 Å². The van der Waals surface area contributed by atoms with Crippen LogP contribution in [-0.4, -0.2) is 11.1 Å². The summed E-state index contributed by atoms with van der Waals surface area (Å²) < 4.78 is 1.17. The zero-order valence-electron chi connectivity index (χ0n) is 11.4. The van der Waals surface area contributed by atoms with E-state index in [2.05, 4.69) is 50.7 Å². The fourth-order valence-electron chi connectivity index (χ4n) is 2.24. The van der Waals surface area contributed by atoms with Crippen molar-refractivity contribution in [2.45, 2.75) is 44.4 Å². The lowest BCUT2D eigenvalue weighted by Crippen LogP contribution is -2.14. The van der Waals surface area contributed by atoms with Gasteiger partial charge in [-0.05, 0) is 53.1 Å². The van der Waals surface area contributed by atoms with Crippen LogP contribution in [0.15, 0.2) is 24.3 Å². The van der Waals surface area contributed by atoms with Crippen molar-refractivity contribution >= 4 is 44.3 Å². The van der Waals surface area contributed by atoms with Gasteiger partial charge in [0.15, 0.2) is 5.78 Å². The van der Waals surface area contributed by atoms with Gasteiger partial charge in [-0.15, -0.1) is 0 Å². The van der Waals surface area contributed by atoms with Crippen LogP contribution in [0.5, 0.6) is 0 Å². The van der Waals surface area contributed by atoms with Gasteiger partial charge in [-0.2, -0.15) is 5.26 Å². The number of hydrogen-bond donors (Lipinski definition) is 0. The zero-order chi connectivity index (χ0) is 14.8. The monoisotopic (exact) mass is 447 g/mol. The van der Waals surface area contributed by atoms with E-state index in [0.29, 0.717) is 11.8 Å². The summed E-state index contributed by atoms with van der Waals surface area (Å²) in [5.74, 6) is 0.254. The molecule has 1 rings (SSSR count). The molecule has 0 fully saturated rings. The fourth-order valence-corrected chi connectivity index (χ4v) is 3.19. The minimum atomic E-state index is 0.0000535. The second-order valence-electron chi connectivity index (χ2n) is 4.82. The molecule has 0 aromatic heterocycles. The van der Waals surface area contributed by atoms with E-state index < -0.39 is 0 Å². The maximum atomic E-state index is 12.1. The SMILES string of the molecule is N#CCCCCCCC(C(=O)CBr)c1cccc(I)c1. The number of Topliss-reactive ketones (excluding diaryl/α,β-unsaturated/α-hetero) is 1. The van der Waals surface area contributed by atoms with Crippen LogP contribution in [0.25, 0.3) is 0 Å². The molecule has 20 heavy (non-hydrogen) atoms. The maximum Gasteiger partial charge on any atom is 0.150 e. The molecule has 0 bridgehead atoms. The van der Waals surface area contributed by atoms with Crippen molar-refractivity contribution in [1.82, 2.24) is 0 Å². The second kappa shape index (κ2) is 10.3. The standard InChI is InChI=1S/C16H19BrINO/c17-12-16(20)15(9-4-2-1-3-5-10-19)13-7-6-8-14(18)11-13/h6-8,11,15H,1-5,9,12H2. The van der Waals surface area contributed by atoms with Crippen molar-refractivity contribution in [1.29, 1.82) is 5.26 Å². The van der Waals surface area contributed by atoms with E-state index in [4.69, 9.17) is 5.26 Å². The van der Waals surface area contributed by atoms with Gasteiger partial charge < -0.3 is 0 Å². The van der Waals surface area contributed by atoms with Crippen LogP contribution in [0.1, 0.15) is 50.0 Å². The Morgan fingerprint density at radius 1 is 1.30 bits per heavy atom. The molecule has 0 N–H and O–H groups in total. The number of benzene rings is 1. The van der Waals surface area contributed by atoms with E-state index in [-0.39, 0.29) is 11.7 Å². The van der Waals surface area contributed by atoms with Crippen LogP contribution in [-0.2, 0) is 4.79 Å². The summed E-state index contributed by atoms with van der Waals surface area (Å²) in [5.41, 5.74) is 1.12. The molecule has 0 saturated carbocycles. The van der Waals surface area contributed by atoms with Gasteiger partial charge in [0.2, 0.25) is 0 Å². The number of carbonyl (C=O) groups excluding carboxylic acids is 1. The van der Waals surface area contributed by atoms with Gasteiger partial charge in [0, 0.05) is 15.9 Å². The molecule has 1 unspecified atom stereocenters. The second-order valence-corrected chi connectivity index (χ2v) is 6.62. The lowest BCUT2D eigenvalue weighted by Gasteiger charge is -2.15. The van der Waals surface area contributed by atoms with Crippen molar-refractivity contribution in [3.05, 3.63) is 33.4 Å². The Morgan fingerprint density at radius 2 is 2.05 bits per heavy atom. The summed E-state index contributed by atoms with van der Waals surface area (Å²) in [6.45, 7) is 0. The van der Waals surface area contributed by atoms with E-state index in [1.807, 2.05) is 18.2 Å². The van der Waals surface area contributed by atoms with E-state index in [0.717, 1.165) is 37.7 Å². The third-order valence-electron chi connectivity index (χ3n) is 3.30. The summed E-state index contributed by atoms with van der Waals surface area (Å²) in [6.07, 6.45) is 5.72. The number of unbranched alkanes of at least 4 members (excludes halogenated alkanes) is 4. The minimum absolute atomic E-state index is 0.0000535. The van der Waals surface area contributed by atoms with E-state index in [1.54, 1.807) is 0 Å².